The van der Waals surface area contributed by atoms with Crippen LogP contribution in [0.5, 0.6) is 0 Å². The molecule has 0 radical (unpaired) electrons. The monoisotopic (exact) mass is 322 g/mol. The number of aliphatic hydroxyl groups is 1. The summed E-state index contributed by atoms with van der Waals surface area (Å²) in [7, 11) is 0. The Balaban J connectivity index is 2.16. The molecule has 0 saturated heterocycles. The predicted octanol–water partition coefficient (Wildman–Crippen LogP) is 3.27. The number of amides is 1. The normalized spacial score (nSPS) is 17.5. The predicted molar refractivity (Wildman–Crippen MR) is 90.6 cm³/mol. The first-order valence-corrected chi connectivity index (χ1v) is 7.81. The molecular weight excluding hydrogens is 304 g/mol. The van der Waals surface area contributed by atoms with E-state index in [1.165, 1.54) is 4.90 Å². The maximum atomic E-state index is 12.7. The van der Waals surface area contributed by atoms with Crippen molar-refractivity contribution in [2.75, 3.05) is 4.90 Å². The van der Waals surface area contributed by atoms with Crippen molar-refractivity contribution >= 4 is 17.4 Å². The molecule has 1 aromatic carbocycles. The van der Waals surface area contributed by atoms with Crippen LogP contribution in [-0.4, -0.2) is 21.8 Å². The number of aromatic nitrogens is 1. The van der Waals surface area contributed by atoms with Gasteiger partial charge in [-0.05, 0) is 30.7 Å². The van der Waals surface area contributed by atoms with Crippen LogP contribution in [0.4, 0.5) is 5.69 Å². The maximum Gasteiger partial charge on any atom is 0.294 e. The smallest absolute Gasteiger partial charge is 0.294 e. The van der Waals surface area contributed by atoms with Gasteiger partial charge in [-0.2, -0.15) is 0 Å². The molecule has 1 atom stereocenters. The van der Waals surface area contributed by atoms with E-state index in [1.54, 1.807) is 31.5 Å². The zero-order chi connectivity index (χ0) is 17.3. The van der Waals surface area contributed by atoms with Crippen molar-refractivity contribution in [3.63, 3.8) is 0 Å². The number of benzene rings is 1. The third kappa shape index (κ3) is 2.58. The maximum absolute atomic E-state index is 12.7. The molecule has 3 rings (SSSR count). The molecule has 1 aliphatic rings. The summed E-state index contributed by atoms with van der Waals surface area (Å²) in [5.74, 6) is -1.29. The van der Waals surface area contributed by atoms with E-state index in [0.717, 1.165) is 5.56 Å². The van der Waals surface area contributed by atoms with Crippen LogP contribution in [0.15, 0.2) is 60.1 Å². The summed E-state index contributed by atoms with van der Waals surface area (Å²) in [5, 5.41) is 10.3. The molecular formula is C19H18N2O3. The van der Waals surface area contributed by atoms with Crippen molar-refractivity contribution < 1.29 is 14.7 Å². The van der Waals surface area contributed by atoms with Crippen LogP contribution in [0.25, 0.3) is 0 Å². The van der Waals surface area contributed by atoms with Crippen LogP contribution >= 0.6 is 0 Å². The highest BCUT2D eigenvalue weighted by Crippen LogP contribution is 2.40. The molecule has 0 saturated carbocycles. The zero-order valence-corrected chi connectivity index (χ0v) is 13.6. The van der Waals surface area contributed by atoms with E-state index >= 15 is 0 Å². The Hall–Kier alpha value is -2.95. The van der Waals surface area contributed by atoms with Crippen molar-refractivity contribution in [3.05, 3.63) is 71.3 Å². The van der Waals surface area contributed by atoms with Gasteiger partial charge in [0.05, 0.1) is 11.6 Å². The summed E-state index contributed by atoms with van der Waals surface area (Å²) in [6.45, 7) is 3.66. The van der Waals surface area contributed by atoms with Crippen LogP contribution in [0.1, 0.15) is 30.5 Å². The molecule has 0 fully saturated rings. The third-order valence-corrected chi connectivity index (χ3v) is 4.14. The van der Waals surface area contributed by atoms with Crippen LogP contribution in [0.3, 0.4) is 0 Å². The minimum atomic E-state index is -0.665. The fourth-order valence-electron chi connectivity index (χ4n) is 2.91. The average molecular weight is 322 g/mol. The summed E-state index contributed by atoms with van der Waals surface area (Å²) in [5.41, 5.74) is 2.51. The second-order valence-electron chi connectivity index (χ2n) is 5.74. The summed E-state index contributed by atoms with van der Waals surface area (Å²) >= 11 is 0. The number of anilines is 1. The molecule has 0 aliphatic carbocycles. The fraction of sp³-hybridized carbons (Fsp3) is 0.211. The van der Waals surface area contributed by atoms with E-state index in [-0.39, 0.29) is 17.8 Å². The number of aryl methyl sites for hydroxylation is 1. The highest BCUT2D eigenvalue weighted by molar-refractivity contribution is 6.16. The first kappa shape index (κ1) is 15.9. The Morgan fingerprint density at radius 2 is 1.96 bits per heavy atom. The number of pyridine rings is 1. The number of ketones is 1. The highest BCUT2D eigenvalue weighted by atomic mass is 16.3. The fourth-order valence-corrected chi connectivity index (χ4v) is 2.91. The van der Waals surface area contributed by atoms with Gasteiger partial charge in [-0.3, -0.25) is 19.5 Å². The lowest BCUT2D eigenvalue weighted by atomic mass is 9.96. The number of carbonyl (C=O) groups excluding carboxylic acids is 2. The average Bonchev–Trinajstić information content (AvgIpc) is 2.87. The van der Waals surface area contributed by atoms with Gasteiger partial charge in [0.15, 0.2) is 11.5 Å². The van der Waals surface area contributed by atoms with Crippen molar-refractivity contribution in [3.8, 4) is 0 Å². The van der Waals surface area contributed by atoms with Crippen molar-refractivity contribution in [1.29, 1.82) is 0 Å². The Morgan fingerprint density at radius 3 is 2.54 bits per heavy atom. The largest absolute Gasteiger partial charge is 0.503 e. The first-order chi connectivity index (χ1) is 11.5. The first-order valence-electron chi connectivity index (χ1n) is 7.81. The van der Waals surface area contributed by atoms with Crippen LogP contribution in [0, 0.1) is 6.92 Å². The lowest BCUT2D eigenvalue weighted by Gasteiger charge is -2.26. The molecule has 1 N–H and O–H groups in total. The number of carbonyl (C=O) groups is 2. The molecule has 1 aromatic heterocycles. The van der Waals surface area contributed by atoms with Gasteiger partial charge in [0, 0.05) is 24.5 Å². The van der Waals surface area contributed by atoms with Gasteiger partial charge >= 0.3 is 0 Å². The van der Waals surface area contributed by atoms with Crippen LogP contribution in [0.2, 0.25) is 0 Å². The quantitative estimate of drug-likeness (QED) is 0.938. The molecule has 2 aromatic rings. The number of rotatable bonds is 4. The summed E-state index contributed by atoms with van der Waals surface area (Å²) < 4.78 is 0. The zero-order valence-electron chi connectivity index (χ0n) is 13.6. The SMILES string of the molecule is CCC(=O)C1=C(O)C(=O)N(c2ccc(C)cc2)C1c1cccnc1. The van der Waals surface area contributed by atoms with E-state index in [9.17, 15) is 14.7 Å². The van der Waals surface area contributed by atoms with Gasteiger partial charge in [-0.15, -0.1) is 0 Å². The van der Waals surface area contributed by atoms with Gasteiger partial charge in [0.25, 0.3) is 5.91 Å². The lowest BCUT2D eigenvalue weighted by Crippen LogP contribution is -2.31. The minimum Gasteiger partial charge on any atom is -0.503 e. The second-order valence-corrected chi connectivity index (χ2v) is 5.74. The summed E-state index contributed by atoms with van der Waals surface area (Å²) in [4.78, 5) is 30.6. The van der Waals surface area contributed by atoms with Gasteiger partial charge in [0.1, 0.15) is 0 Å². The molecule has 1 amide bonds. The van der Waals surface area contributed by atoms with Crippen LogP contribution < -0.4 is 4.90 Å². The van der Waals surface area contributed by atoms with E-state index in [4.69, 9.17) is 0 Å². The van der Waals surface area contributed by atoms with E-state index in [1.807, 2.05) is 31.2 Å². The highest BCUT2D eigenvalue weighted by Gasteiger charge is 2.43. The molecule has 122 valence electrons. The van der Waals surface area contributed by atoms with Crippen molar-refractivity contribution in [2.45, 2.75) is 26.3 Å². The number of aliphatic hydroxyl groups excluding tert-OH is 1. The second kappa shape index (κ2) is 6.28. The standard InChI is InChI=1S/C19H18N2O3/c1-3-15(22)16-17(13-5-4-10-20-11-13)21(19(24)18(16)23)14-8-6-12(2)7-9-14/h4-11,17,23H,3H2,1-2H3. The number of hydrogen-bond acceptors (Lipinski definition) is 4. The molecule has 5 nitrogen and oxygen atoms in total. The topological polar surface area (TPSA) is 70.5 Å². The van der Waals surface area contributed by atoms with Crippen molar-refractivity contribution in [2.24, 2.45) is 0 Å². The summed E-state index contributed by atoms with van der Waals surface area (Å²) in [6.07, 6.45) is 3.45. The molecule has 0 bridgehead atoms. The Bertz CT molecular complexity index is 810. The Morgan fingerprint density at radius 1 is 1.25 bits per heavy atom. The number of hydrogen-bond donors (Lipinski definition) is 1. The van der Waals surface area contributed by atoms with Gasteiger partial charge in [-0.25, -0.2) is 0 Å². The summed E-state index contributed by atoms with van der Waals surface area (Å²) in [6, 6.07) is 10.3. The lowest BCUT2D eigenvalue weighted by molar-refractivity contribution is -0.118. The van der Waals surface area contributed by atoms with Crippen molar-refractivity contribution in [1.82, 2.24) is 4.98 Å². The van der Waals surface area contributed by atoms with E-state index in [0.29, 0.717) is 11.3 Å². The Labute approximate surface area is 140 Å². The van der Waals surface area contributed by atoms with Gasteiger partial charge in [-0.1, -0.05) is 30.7 Å². The minimum absolute atomic E-state index is 0.135. The molecule has 24 heavy (non-hydrogen) atoms. The Kier molecular flexibility index (Phi) is 4.16. The van der Waals surface area contributed by atoms with Gasteiger partial charge < -0.3 is 5.11 Å². The number of Topliss-reactive ketones (excluding diaryl/α,β-unsaturated/α-hetero) is 1. The molecule has 2 heterocycles. The van der Waals surface area contributed by atoms with E-state index in [2.05, 4.69) is 4.98 Å². The van der Waals surface area contributed by atoms with Crippen LogP contribution in [-0.2, 0) is 9.59 Å². The third-order valence-electron chi connectivity index (χ3n) is 4.14. The molecule has 0 spiro atoms. The molecule has 1 unspecified atom stereocenters. The molecule has 1 aliphatic heterocycles. The van der Waals surface area contributed by atoms with E-state index < -0.39 is 17.7 Å². The molecule has 5 heteroatoms. The number of nitrogens with zero attached hydrogens (tertiary/aromatic N) is 2. The van der Waals surface area contributed by atoms with Gasteiger partial charge in [0.2, 0.25) is 0 Å².